The molecule has 0 bridgehead atoms. The summed E-state index contributed by atoms with van der Waals surface area (Å²) in [4.78, 5) is 15.7. The number of hydrogen-bond acceptors (Lipinski definition) is 1. The Morgan fingerprint density at radius 2 is 1.69 bits per heavy atom. The van der Waals surface area contributed by atoms with Crippen molar-refractivity contribution in [1.82, 2.24) is 10.3 Å². The lowest BCUT2D eigenvalue weighted by Crippen LogP contribution is -2.26. The fourth-order valence-electron chi connectivity index (χ4n) is 3.61. The van der Waals surface area contributed by atoms with Gasteiger partial charge in [-0.05, 0) is 41.3 Å². The van der Waals surface area contributed by atoms with Crippen LogP contribution in [0, 0.1) is 0 Å². The van der Waals surface area contributed by atoms with E-state index in [1.807, 2.05) is 43.5 Å². The summed E-state index contributed by atoms with van der Waals surface area (Å²) >= 11 is 0. The molecule has 1 amide bonds. The first-order valence-corrected chi connectivity index (χ1v) is 9.04. The van der Waals surface area contributed by atoms with E-state index in [0.29, 0.717) is 6.42 Å². The van der Waals surface area contributed by atoms with Gasteiger partial charge < -0.3 is 10.3 Å². The zero-order valence-corrected chi connectivity index (χ0v) is 14.8. The van der Waals surface area contributed by atoms with Crippen molar-refractivity contribution in [3.05, 3.63) is 84.1 Å². The van der Waals surface area contributed by atoms with Crippen LogP contribution in [0.1, 0.15) is 30.5 Å². The first-order valence-electron chi connectivity index (χ1n) is 9.04. The Hall–Kier alpha value is -3.07. The van der Waals surface area contributed by atoms with Crippen LogP contribution in [0.15, 0.2) is 72.9 Å². The third-order valence-corrected chi connectivity index (χ3v) is 4.96. The van der Waals surface area contributed by atoms with E-state index in [-0.39, 0.29) is 11.9 Å². The monoisotopic (exact) mass is 342 g/mol. The van der Waals surface area contributed by atoms with Crippen LogP contribution < -0.4 is 5.32 Å². The summed E-state index contributed by atoms with van der Waals surface area (Å²) in [6, 6.07) is 22.7. The Labute approximate surface area is 153 Å². The number of aromatic amines is 1. The van der Waals surface area contributed by atoms with E-state index >= 15 is 0 Å². The Kier molecular flexibility index (Phi) is 4.44. The van der Waals surface area contributed by atoms with Gasteiger partial charge in [-0.2, -0.15) is 0 Å². The predicted octanol–water partition coefficient (Wildman–Crippen LogP) is 5.13. The topological polar surface area (TPSA) is 44.9 Å². The van der Waals surface area contributed by atoms with E-state index in [2.05, 4.69) is 46.7 Å². The van der Waals surface area contributed by atoms with E-state index in [0.717, 1.165) is 17.5 Å². The molecule has 0 aliphatic carbocycles. The fourth-order valence-corrected chi connectivity index (χ4v) is 3.61. The molecule has 3 aromatic carbocycles. The van der Waals surface area contributed by atoms with Crippen molar-refractivity contribution in [2.75, 3.05) is 0 Å². The maximum absolute atomic E-state index is 12.5. The van der Waals surface area contributed by atoms with Crippen molar-refractivity contribution in [2.45, 2.75) is 25.8 Å². The van der Waals surface area contributed by atoms with Gasteiger partial charge in [0.05, 0.1) is 6.04 Å². The van der Waals surface area contributed by atoms with Crippen LogP contribution in [-0.4, -0.2) is 10.9 Å². The maximum atomic E-state index is 12.5. The molecule has 0 aliphatic rings. The second kappa shape index (κ2) is 7.04. The van der Waals surface area contributed by atoms with Crippen LogP contribution in [0.2, 0.25) is 0 Å². The molecule has 0 saturated heterocycles. The lowest BCUT2D eigenvalue weighted by atomic mass is 9.99. The molecule has 4 rings (SSSR count). The SMILES string of the molecule is C[C@H](NC(=O)CCc1c[nH]c2ccccc12)c1cccc2ccccc12. The number of hydrogen-bond donors (Lipinski definition) is 2. The molecule has 0 saturated carbocycles. The highest BCUT2D eigenvalue weighted by atomic mass is 16.1. The molecule has 130 valence electrons. The zero-order chi connectivity index (χ0) is 17.9. The van der Waals surface area contributed by atoms with Gasteiger partial charge in [-0.1, -0.05) is 60.7 Å². The molecule has 1 aromatic heterocycles. The number of aromatic nitrogens is 1. The minimum absolute atomic E-state index is 0.0171. The van der Waals surface area contributed by atoms with Crippen molar-refractivity contribution in [1.29, 1.82) is 0 Å². The normalized spacial score (nSPS) is 12.3. The van der Waals surface area contributed by atoms with E-state index in [9.17, 15) is 4.79 Å². The minimum atomic E-state index is -0.0171. The Morgan fingerprint density at radius 1 is 0.962 bits per heavy atom. The van der Waals surface area contributed by atoms with Crippen LogP contribution in [0.4, 0.5) is 0 Å². The average molecular weight is 342 g/mol. The third kappa shape index (κ3) is 3.21. The van der Waals surface area contributed by atoms with E-state index in [1.165, 1.54) is 21.7 Å². The van der Waals surface area contributed by atoms with Crippen LogP contribution in [0.3, 0.4) is 0 Å². The van der Waals surface area contributed by atoms with Crippen molar-refractivity contribution >= 4 is 27.6 Å². The molecular weight excluding hydrogens is 320 g/mol. The van der Waals surface area contributed by atoms with E-state index in [1.54, 1.807) is 0 Å². The van der Waals surface area contributed by atoms with Crippen molar-refractivity contribution in [3.8, 4) is 0 Å². The summed E-state index contributed by atoms with van der Waals surface area (Å²) in [6.07, 6.45) is 3.22. The highest BCUT2D eigenvalue weighted by molar-refractivity contribution is 5.87. The minimum Gasteiger partial charge on any atom is -0.361 e. The molecule has 1 heterocycles. The molecule has 2 N–H and O–H groups in total. The van der Waals surface area contributed by atoms with Crippen LogP contribution in [0.5, 0.6) is 0 Å². The van der Waals surface area contributed by atoms with Crippen LogP contribution in [0.25, 0.3) is 21.7 Å². The molecule has 0 spiro atoms. The lowest BCUT2D eigenvalue weighted by Gasteiger charge is -2.16. The van der Waals surface area contributed by atoms with E-state index < -0.39 is 0 Å². The van der Waals surface area contributed by atoms with Gasteiger partial charge in [0.2, 0.25) is 5.91 Å². The molecule has 26 heavy (non-hydrogen) atoms. The van der Waals surface area contributed by atoms with Crippen molar-refractivity contribution in [3.63, 3.8) is 0 Å². The van der Waals surface area contributed by atoms with Crippen LogP contribution >= 0.6 is 0 Å². The van der Waals surface area contributed by atoms with Gasteiger partial charge in [-0.3, -0.25) is 4.79 Å². The molecule has 0 radical (unpaired) electrons. The molecule has 0 fully saturated rings. The number of amides is 1. The largest absolute Gasteiger partial charge is 0.361 e. The second-order valence-corrected chi connectivity index (χ2v) is 6.72. The van der Waals surface area contributed by atoms with Gasteiger partial charge in [0.25, 0.3) is 0 Å². The highest BCUT2D eigenvalue weighted by Gasteiger charge is 2.13. The molecular formula is C23H22N2O. The highest BCUT2D eigenvalue weighted by Crippen LogP contribution is 2.24. The second-order valence-electron chi connectivity index (χ2n) is 6.72. The Morgan fingerprint density at radius 3 is 2.58 bits per heavy atom. The third-order valence-electron chi connectivity index (χ3n) is 4.96. The van der Waals surface area contributed by atoms with Gasteiger partial charge in [0, 0.05) is 23.5 Å². The fraction of sp³-hybridized carbons (Fsp3) is 0.174. The number of rotatable bonds is 5. The summed E-state index contributed by atoms with van der Waals surface area (Å²) in [7, 11) is 0. The molecule has 0 aliphatic heterocycles. The van der Waals surface area contributed by atoms with Crippen molar-refractivity contribution in [2.24, 2.45) is 0 Å². The van der Waals surface area contributed by atoms with Gasteiger partial charge in [0.1, 0.15) is 0 Å². The number of aryl methyl sites for hydroxylation is 1. The first kappa shape index (κ1) is 16.4. The molecule has 0 unspecified atom stereocenters. The van der Waals surface area contributed by atoms with Crippen molar-refractivity contribution < 1.29 is 4.79 Å². The standard InChI is InChI=1S/C23H22N2O/c1-16(19-11-6-8-17-7-2-3-9-20(17)19)25-23(26)14-13-18-15-24-22-12-5-4-10-21(18)22/h2-12,15-16,24H,13-14H2,1H3,(H,25,26)/t16-/m0/s1. The van der Waals surface area contributed by atoms with Gasteiger partial charge in [-0.15, -0.1) is 0 Å². The Balaban J connectivity index is 1.44. The summed E-state index contributed by atoms with van der Waals surface area (Å²) < 4.78 is 0. The molecule has 1 atom stereocenters. The number of carbonyl (C=O) groups excluding carboxylic acids is 1. The number of nitrogens with one attached hydrogen (secondary N) is 2. The van der Waals surface area contributed by atoms with Gasteiger partial charge >= 0.3 is 0 Å². The number of carbonyl (C=O) groups is 1. The quantitative estimate of drug-likeness (QED) is 0.519. The average Bonchev–Trinajstić information content (AvgIpc) is 3.09. The van der Waals surface area contributed by atoms with E-state index in [4.69, 9.17) is 0 Å². The summed E-state index contributed by atoms with van der Waals surface area (Å²) in [5.41, 5.74) is 3.46. The molecule has 4 aromatic rings. The smallest absolute Gasteiger partial charge is 0.220 e. The zero-order valence-electron chi connectivity index (χ0n) is 14.8. The van der Waals surface area contributed by atoms with Gasteiger partial charge in [0.15, 0.2) is 0 Å². The maximum Gasteiger partial charge on any atom is 0.220 e. The molecule has 3 nitrogen and oxygen atoms in total. The summed E-state index contributed by atoms with van der Waals surface area (Å²) in [5.74, 6) is 0.0794. The van der Waals surface area contributed by atoms with Crippen LogP contribution in [-0.2, 0) is 11.2 Å². The number of fused-ring (bicyclic) bond motifs is 2. The first-order chi connectivity index (χ1) is 12.7. The molecule has 3 heteroatoms. The number of para-hydroxylation sites is 1. The summed E-state index contributed by atoms with van der Waals surface area (Å²) in [6.45, 7) is 2.05. The Bertz CT molecular complexity index is 1060. The summed E-state index contributed by atoms with van der Waals surface area (Å²) in [5, 5.41) is 6.74. The lowest BCUT2D eigenvalue weighted by molar-refractivity contribution is -0.121. The number of H-pyrrole nitrogens is 1. The van der Waals surface area contributed by atoms with Gasteiger partial charge in [-0.25, -0.2) is 0 Å². The number of benzene rings is 3. The predicted molar refractivity (Wildman–Crippen MR) is 107 cm³/mol.